The lowest BCUT2D eigenvalue weighted by Gasteiger charge is -2.06. The van der Waals surface area contributed by atoms with E-state index in [0.717, 1.165) is 0 Å². The number of methoxy groups -OCH3 is 1. The Labute approximate surface area is 111 Å². The second-order valence-electron chi connectivity index (χ2n) is 3.09. The lowest BCUT2D eigenvalue weighted by molar-refractivity contribution is -0.385. The van der Waals surface area contributed by atoms with E-state index in [4.69, 9.17) is 15.9 Å². The lowest BCUT2D eigenvalue weighted by atomic mass is 10.2. The van der Waals surface area contributed by atoms with Crippen LogP contribution in [0.5, 0.6) is 5.75 Å². The van der Waals surface area contributed by atoms with E-state index in [2.05, 4.69) is 26.5 Å². The summed E-state index contributed by atoms with van der Waals surface area (Å²) in [6.07, 6.45) is 1.28. The van der Waals surface area contributed by atoms with Gasteiger partial charge in [-0.2, -0.15) is 5.10 Å². The number of halogens is 1. The maximum atomic E-state index is 10.9. The molecule has 0 saturated heterocycles. The molecule has 1 rings (SSSR count). The molecule has 0 radical (unpaired) electrons. The number of rotatable bonds is 4. The molecule has 0 heterocycles. The van der Waals surface area contributed by atoms with Crippen LogP contribution in [-0.4, -0.2) is 24.2 Å². The van der Waals surface area contributed by atoms with Gasteiger partial charge in [0, 0.05) is 16.1 Å². The highest BCUT2D eigenvalue weighted by Gasteiger charge is 2.19. The van der Waals surface area contributed by atoms with Crippen molar-refractivity contribution in [3.8, 4) is 5.75 Å². The van der Waals surface area contributed by atoms with Crippen LogP contribution in [0.15, 0.2) is 21.7 Å². The highest BCUT2D eigenvalue weighted by molar-refractivity contribution is 9.10. The summed E-state index contributed by atoms with van der Waals surface area (Å²) >= 11 is 3.16. The molecule has 0 unspecified atom stereocenters. The van der Waals surface area contributed by atoms with E-state index in [1.807, 2.05) is 0 Å². The maximum absolute atomic E-state index is 10.9. The van der Waals surface area contributed by atoms with Gasteiger partial charge in [-0.3, -0.25) is 15.5 Å². The molecule has 0 amide bonds. The molecule has 0 aliphatic carbocycles. The van der Waals surface area contributed by atoms with Crippen molar-refractivity contribution in [2.24, 2.45) is 10.8 Å². The minimum Gasteiger partial charge on any atom is -0.490 e. The Balaban J connectivity index is 3.21. The number of nitrogens with zero attached hydrogens (tertiary/aromatic N) is 2. The molecule has 0 aromatic heterocycles. The largest absolute Gasteiger partial charge is 0.490 e. The second kappa shape index (κ2) is 5.96. The predicted octanol–water partition coefficient (Wildman–Crippen LogP) is 1.18. The van der Waals surface area contributed by atoms with E-state index >= 15 is 0 Å². The molecule has 0 atom stereocenters. The van der Waals surface area contributed by atoms with E-state index in [-0.39, 0.29) is 17.4 Å². The topological polar surface area (TPSA) is 127 Å². The SMILES string of the molecule is COc1c(C=NNC(=N)N)cc(Br)cc1[N+](=O)[O-]. The number of nitro benzene ring substituents is 1. The number of hydrogen-bond donors (Lipinski definition) is 3. The van der Waals surface area contributed by atoms with Gasteiger partial charge in [0.05, 0.1) is 18.2 Å². The van der Waals surface area contributed by atoms with Crippen LogP contribution in [-0.2, 0) is 0 Å². The fourth-order valence-electron chi connectivity index (χ4n) is 1.23. The highest BCUT2D eigenvalue weighted by atomic mass is 79.9. The van der Waals surface area contributed by atoms with E-state index in [0.29, 0.717) is 10.0 Å². The molecular formula is C9H10BrN5O3. The van der Waals surface area contributed by atoms with E-state index in [9.17, 15) is 10.1 Å². The van der Waals surface area contributed by atoms with Gasteiger partial charge in [-0.1, -0.05) is 15.9 Å². The van der Waals surface area contributed by atoms with Crippen LogP contribution >= 0.6 is 15.9 Å². The van der Waals surface area contributed by atoms with Crippen LogP contribution in [0.2, 0.25) is 0 Å². The fourth-order valence-corrected chi connectivity index (χ4v) is 1.69. The van der Waals surface area contributed by atoms with Crippen LogP contribution in [0.1, 0.15) is 5.56 Å². The molecule has 0 aliphatic heterocycles. The van der Waals surface area contributed by atoms with Gasteiger partial charge in [0.2, 0.25) is 11.7 Å². The normalized spacial score (nSPS) is 10.3. The van der Waals surface area contributed by atoms with Gasteiger partial charge in [0.1, 0.15) is 0 Å². The minimum absolute atomic E-state index is 0.0808. The van der Waals surface area contributed by atoms with Crippen LogP contribution < -0.4 is 15.9 Å². The van der Waals surface area contributed by atoms with Gasteiger partial charge < -0.3 is 10.5 Å². The van der Waals surface area contributed by atoms with Gasteiger partial charge in [0.15, 0.2) is 0 Å². The van der Waals surface area contributed by atoms with E-state index < -0.39 is 4.92 Å². The van der Waals surface area contributed by atoms with Crippen LogP contribution in [0, 0.1) is 15.5 Å². The molecular weight excluding hydrogens is 306 g/mol. The summed E-state index contributed by atoms with van der Waals surface area (Å²) < 4.78 is 5.50. The number of guanidine groups is 1. The number of nitrogens with one attached hydrogen (secondary N) is 2. The summed E-state index contributed by atoms with van der Waals surface area (Å²) in [5.41, 5.74) is 7.45. The van der Waals surface area contributed by atoms with Gasteiger partial charge >= 0.3 is 5.69 Å². The Bertz CT molecular complexity index is 517. The Morgan fingerprint density at radius 3 is 2.89 bits per heavy atom. The maximum Gasteiger partial charge on any atom is 0.312 e. The summed E-state index contributed by atoms with van der Waals surface area (Å²) in [5, 5.41) is 21.4. The van der Waals surface area contributed by atoms with E-state index in [1.165, 1.54) is 19.4 Å². The average molecular weight is 316 g/mol. The summed E-state index contributed by atoms with van der Waals surface area (Å²) in [5.74, 6) is -0.257. The third-order valence-electron chi connectivity index (χ3n) is 1.85. The average Bonchev–Trinajstić information content (AvgIpc) is 2.27. The summed E-state index contributed by atoms with van der Waals surface area (Å²) in [7, 11) is 1.33. The van der Waals surface area contributed by atoms with Gasteiger partial charge in [-0.15, -0.1) is 0 Å². The van der Waals surface area contributed by atoms with E-state index in [1.54, 1.807) is 6.07 Å². The van der Waals surface area contributed by atoms with Crippen molar-refractivity contribution >= 4 is 33.8 Å². The predicted molar refractivity (Wildman–Crippen MR) is 70.0 cm³/mol. The van der Waals surface area contributed by atoms with Crippen LogP contribution in [0.4, 0.5) is 5.69 Å². The first kappa shape index (κ1) is 13.9. The van der Waals surface area contributed by atoms with Crippen molar-refractivity contribution in [1.82, 2.24) is 5.43 Å². The molecule has 0 saturated carbocycles. The summed E-state index contributed by atoms with van der Waals surface area (Å²) in [6.45, 7) is 0. The number of ether oxygens (including phenoxy) is 1. The van der Waals surface area contributed by atoms with Crippen LogP contribution in [0.3, 0.4) is 0 Å². The Morgan fingerprint density at radius 1 is 1.72 bits per heavy atom. The number of hydrogen-bond acceptors (Lipinski definition) is 5. The van der Waals surface area contributed by atoms with Crippen LogP contribution in [0.25, 0.3) is 0 Å². The fraction of sp³-hybridized carbons (Fsp3) is 0.111. The van der Waals surface area contributed by atoms with Crippen molar-refractivity contribution in [2.45, 2.75) is 0 Å². The quantitative estimate of drug-likeness (QED) is 0.333. The molecule has 0 spiro atoms. The summed E-state index contributed by atoms with van der Waals surface area (Å²) in [4.78, 5) is 10.3. The first-order valence-corrected chi connectivity index (χ1v) is 5.40. The van der Waals surface area contributed by atoms with Crippen molar-refractivity contribution < 1.29 is 9.66 Å². The third-order valence-corrected chi connectivity index (χ3v) is 2.31. The first-order valence-electron chi connectivity index (χ1n) is 4.60. The molecule has 9 heteroatoms. The lowest BCUT2D eigenvalue weighted by Crippen LogP contribution is -2.25. The van der Waals surface area contributed by atoms with Gasteiger partial charge in [0.25, 0.3) is 0 Å². The van der Waals surface area contributed by atoms with Crippen molar-refractivity contribution in [2.75, 3.05) is 7.11 Å². The zero-order valence-electron chi connectivity index (χ0n) is 9.31. The standard InChI is InChI=1S/C9H10BrN5O3/c1-18-8-5(4-13-14-9(11)12)2-6(10)3-7(8)15(16)17/h2-4H,1H3,(H4,11,12,14). The molecule has 18 heavy (non-hydrogen) atoms. The molecule has 1 aromatic rings. The Kier molecular flexibility index (Phi) is 4.60. The minimum atomic E-state index is -0.556. The molecule has 0 aliphatic rings. The van der Waals surface area contributed by atoms with Crippen molar-refractivity contribution in [3.63, 3.8) is 0 Å². The van der Waals surface area contributed by atoms with Gasteiger partial charge in [-0.25, -0.2) is 5.43 Å². The van der Waals surface area contributed by atoms with Crippen molar-refractivity contribution in [1.29, 1.82) is 5.41 Å². The summed E-state index contributed by atoms with van der Waals surface area (Å²) in [6, 6.07) is 2.92. The molecule has 1 aromatic carbocycles. The smallest absolute Gasteiger partial charge is 0.312 e. The highest BCUT2D eigenvalue weighted by Crippen LogP contribution is 2.33. The molecule has 4 N–H and O–H groups in total. The molecule has 8 nitrogen and oxygen atoms in total. The monoisotopic (exact) mass is 315 g/mol. The Morgan fingerprint density at radius 2 is 2.39 bits per heavy atom. The molecule has 96 valence electrons. The zero-order chi connectivity index (χ0) is 13.7. The first-order chi connectivity index (χ1) is 8.45. The molecule has 0 bridgehead atoms. The zero-order valence-corrected chi connectivity index (χ0v) is 10.9. The third kappa shape index (κ3) is 3.42. The Hall–Kier alpha value is -2.16. The second-order valence-corrected chi connectivity index (χ2v) is 4.00. The number of nitrogens with two attached hydrogens (primary N) is 1. The van der Waals surface area contributed by atoms with Gasteiger partial charge in [-0.05, 0) is 6.07 Å². The van der Waals surface area contributed by atoms with Crippen molar-refractivity contribution in [3.05, 3.63) is 32.3 Å². The molecule has 0 fully saturated rings. The number of nitro groups is 1. The number of hydrazone groups is 1. The number of benzene rings is 1.